The molecule has 4 amide bonds. The van der Waals surface area contributed by atoms with E-state index < -0.39 is 6.03 Å². The Labute approximate surface area is 199 Å². The van der Waals surface area contributed by atoms with Gasteiger partial charge in [0.05, 0.1) is 25.5 Å². The average Bonchev–Trinajstić information content (AvgIpc) is 2.83. The summed E-state index contributed by atoms with van der Waals surface area (Å²) in [6.07, 6.45) is 0.927. The van der Waals surface area contributed by atoms with Crippen LogP contribution in [0.15, 0.2) is 23.2 Å². The lowest BCUT2D eigenvalue weighted by Gasteiger charge is -2.30. The highest BCUT2D eigenvalue weighted by Gasteiger charge is 2.23. The van der Waals surface area contributed by atoms with Gasteiger partial charge in [-0.2, -0.15) is 0 Å². The van der Waals surface area contributed by atoms with E-state index in [9.17, 15) is 14.4 Å². The molecular weight excluding hydrogens is 442 g/mol. The molecule has 12 nitrogen and oxygen atoms in total. The maximum atomic E-state index is 12.1. The van der Waals surface area contributed by atoms with Crippen molar-refractivity contribution in [3.63, 3.8) is 0 Å². The summed E-state index contributed by atoms with van der Waals surface area (Å²) in [7, 11) is 1.56. The van der Waals surface area contributed by atoms with E-state index in [0.29, 0.717) is 76.2 Å². The van der Waals surface area contributed by atoms with Crippen LogP contribution in [0.4, 0.5) is 10.5 Å². The van der Waals surface area contributed by atoms with Crippen molar-refractivity contribution in [1.82, 2.24) is 31.3 Å². The van der Waals surface area contributed by atoms with Gasteiger partial charge in [-0.15, -0.1) is 0 Å². The van der Waals surface area contributed by atoms with E-state index in [1.807, 2.05) is 24.1 Å². The van der Waals surface area contributed by atoms with Gasteiger partial charge in [-0.3, -0.25) is 20.3 Å². The van der Waals surface area contributed by atoms with Crippen LogP contribution < -0.4 is 26.1 Å². The van der Waals surface area contributed by atoms with Crippen LogP contribution in [0, 0.1) is 0 Å². The maximum absolute atomic E-state index is 12.1. The van der Waals surface area contributed by atoms with E-state index in [4.69, 9.17) is 9.47 Å². The zero-order chi connectivity index (χ0) is 24.3. The molecule has 12 heteroatoms. The number of carbonyl (C=O) groups excluding carboxylic acids is 3. The van der Waals surface area contributed by atoms with Gasteiger partial charge >= 0.3 is 6.03 Å². The van der Waals surface area contributed by atoms with Crippen LogP contribution in [0.3, 0.4) is 0 Å². The highest BCUT2D eigenvalue weighted by atomic mass is 16.5. The molecule has 0 aromatic heterocycles. The van der Waals surface area contributed by atoms with E-state index in [1.165, 1.54) is 0 Å². The quantitative estimate of drug-likeness (QED) is 0.371. The van der Waals surface area contributed by atoms with Crippen LogP contribution in [-0.2, 0) is 20.9 Å². The van der Waals surface area contributed by atoms with Crippen molar-refractivity contribution in [3.8, 4) is 5.75 Å². The number of ether oxygens (including phenoxy) is 2. The minimum Gasteiger partial charge on any atom is -0.494 e. The molecule has 2 heterocycles. The molecule has 34 heavy (non-hydrogen) atoms. The van der Waals surface area contributed by atoms with Gasteiger partial charge in [0.1, 0.15) is 12.3 Å². The van der Waals surface area contributed by atoms with Crippen LogP contribution in [0.1, 0.15) is 25.3 Å². The Bertz CT molecular complexity index is 902. The number of hydrogen-bond acceptors (Lipinski definition) is 8. The second-order valence-corrected chi connectivity index (χ2v) is 7.83. The number of hydrogen-bond donors (Lipinski definition) is 4. The number of likely N-dealkylation sites (N-methyl/N-ethyl adjacent to an activating group) is 1. The van der Waals surface area contributed by atoms with Crippen molar-refractivity contribution >= 4 is 29.5 Å². The van der Waals surface area contributed by atoms with Gasteiger partial charge in [0, 0.05) is 45.7 Å². The minimum atomic E-state index is -0.394. The number of urea groups is 1. The molecule has 1 aromatic carbocycles. The molecule has 4 N–H and O–H groups in total. The fourth-order valence-corrected chi connectivity index (χ4v) is 3.46. The van der Waals surface area contributed by atoms with Gasteiger partial charge in [0.2, 0.25) is 17.8 Å². The van der Waals surface area contributed by atoms with E-state index in [-0.39, 0.29) is 18.4 Å². The third-order valence-electron chi connectivity index (χ3n) is 5.23. The summed E-state index contributed by atoms with van der Waals surface area (Å²) in [5.41, 5.74) is 4.44. The number of benzene rings is 1. The Kier molecular flexibility index (Phi) is 9.47. The first kappa shape index (κ1) is 25.2. The number of amides is 4. The monoisotopic (exact) mass is 475 g/mol. The molecule has 0 bridgehead atoms. The number of rotatable bonds is 9. The summed E-state index contributed by atoms with van der Waals surface area (Å²) < 4.78 is 11.1. The number of nitrogens with one attached hydrogen (secondary N) is 4. The lowest BCUT2D eigenvalue weighted by atomic mass is 10.1. The molecule has 0 unspecified atom stereocenters. The molecule has 0 atom stereocenters. The van der Waals surface area contributed by atoms with Crippen LogP contribution in [0.5, 0.6) is 5.75 Å². The standard InChI is InChI=1S/C22H33N7O5/c1-3-24-22(32)26-21-25-18-13-17(7-6-16(18)14-28(21)15-20(31)23-2)34-10-4-5-19(30)27-29-8-11-33-12-9-29/h6-7,13H,3-5,8-12,14-15H2,1-2H3,(H,23,31)(H,27,30)(H2,24,25,26,32). The average molecular weight is 476 g/mol. The second-order valence-electron chi connectivity index (χ2n) is 7.83. The molecule has 2 aliphatic heterocycles. The van der Waals surface area contributed by atoms with Crippen LogP contribution in [0.25, 0.3) is 0 Å². The molecule has 3 rings (SSSR count). The summed E-state index contributed by atoms with van der Waals surface area (Å²) in [6.45, 7) is 5.75. The number of hydrazine groups is 1. The van der Waals surface area contributed by atoms with E-state index in [0.717, 1.165) is 5.56 Å². The van der Waals surface area contributed by atoms with E-state index in [1.54, 1.807) is 18.0 Å². The third-order valence-corrected chi connectivity index (χ3v) is 5.23. The largest absolute Gasteiger partial charge is 0.494 e. The number of aliphatic imine (C=N–C) groups is 1. The molecule has 0 saturated carbocycles. The zero-order valence-corrected chi connectivity index (χ0v) is 19.7. The highest BCUT2D eigenvalue weighted by Crippen LogP contribution is 2.30. The smallest absolute Gasteiger partial charge is 0.321 e. The van der Waals surface area contributed by atoms with Crippen molar-refractivity contribution in [2.75, 3.05) is 53.0 Å². The minimum absolute atomic E-state index is 0.0437. The van der Waals surface area contributed by atoms with Crippen LogP contribution in [-0.4, -0.2) is 86.8 Å². The second kappa shape index (κ2) is 12.8. The van der Waals surface area contributed by atoms with Crippen molar-refractivity contribution in [1.29, 1.82) is 0 Å². The summed E-state index contributed by atoms with van der Waals surface area (Å²) >= 11 is 0. The van der Waals surface area contributed by atoms with E-state index in [2.05, 4.69) is 26.4 Å². The van der Waals surface area contributed by atoms with Gasteiger partial charge in [0.25, 0.3) is 0 Å². The topological polar surface area (TPSA) is 137 Å². The molecule has 2 aliphatic rings. The Balaban J connectivity index is 1.56. The van der Waals surface area contributed by atoms with Gasteiger partial charge in [-0.05, 0) is 25.0 Å². The van der Waals surface area contributed by atoms with Crippen molar-refractivity contribution in [2.24, 2.45) is 4.99 Å². The highest BCUT2D eigenvalue weighted by molar-refractivity contribution is 5.99. The van der Waals surface area contributed by atoms with Crippen molar-refractivity contribution < 1.29 is 23.9 Å². The lowest BCUT2D eigenvalue weighted by Crippen LogP contribution is -2.51. The molecule has 1 aromatic rings. The predicted octanol–water partition coefficient (Wildman–Crippen LogP) is 0.0772. The summed E-state index contributed by atoms with van der Waals surface area (Å²) in [4.78, 5) is 42.3. The molecule has 0 aliphatic carbocycles. The SMILES string of the molecule is CCNC(=O)NC1=Nc2cc(OCCCC(=O)NN3CCOCC3)ccc2CN1CC(=O)NC. The molecule has 1 fully saturated rings. The zero-order valence-electron chi connectivity index (χ0n) is 19.7. The molecule has 186 valence electrons. The predicted molar refractivity (Wildman–Crippen MR) is 125 cm³/mol. The van der Waals surface area contributed by atoms with E-state index >= 15 is 0 Å². The van der Waals surface area contributed by atoms with Gasteiger partial charge in [-0.1, -0.05) is 6.07 Å². The lowest BCUT2D eigenvalue weighted by molar-refractivity contribution is -0.128. The molecule has 1 saturated heterocycles. The Morgan fingerprint density at radius 1 is 1.18 bits per heavy atom. The Morgan fingerprint density at radius 2 is 1.97 bits per heavy atom. The van der Waals surface area contributed by atoms with Crippen molar-refractivity contribution in [2.45, 2.75) is 26.3 Å². The van der Waals surface area contributed by atoms with Crippen LogP contribution >= 0.6 is 0 Å². The van der Waals surface area contributed by atoms with Crippen LogP contribution in [0.2, 0.25) is 0 Å². The van der Waals surface area contributed by atoms with Gasteiger partial charge in [0.15, 0.2) is 0 Å². The number of guanidine groups is 1. The fraction of sp³-hybridized carbons (Fsp3) is 0.545. The summed E-state index contributed by atoms with van der Waals surface area (Å²) in [6, 6.07) is 5.12. The first-order valence-electron chi connectivity index (χ1n) is 11.5. The number of nitrogens with zero attached hydrogens (tertiary/aromatic N) is 3. The third kappa shape index (κ3) is 7.59. The normalized spacial score (nSPS) is 15.6. The molecular formula is C22H33N7O5. The molecule has 0 radical (unpaired) electrons. The first-order valence-corrected chi connectivity index (χ1v) is 11.5. The number of carbonyl (C=O) groups is 3. The summed E-state index contributed by atoms with van der Waals surface area (Å²) in [5.74, 6) is 0.677. The van der Waals surface area contributed by atoms with Gasteiger partial charge < -0.3 is 25.0 Å². The van der Waals surface area contributed by atoms with Crippen molar-refractivity contribution in [3.05, 3.63) is 23.8 Å². The first-order chi connectivity index (χ1) is 16.5. The maximum Gasteiger partial charge on any atom is 0.321 e. The number of morpholine rings is 1. The summed E-state index contributed by atoms with van der Waals surface area (Å²) in [5, 5.41) is 9.82. The number of fused-ring (bicyclic) bond motifs is 1. The molecule has 0 spiro atoms. The van der Waals surface area contributed by atoms with Gasteiger partial charge in [-0.25, -0.2) is 14.8 Å². The Hall–Kier alpha value is -3.38. The Morgan fingerprint density at radius 3 is 2.71 bits per heavy atom. The fourth-order valence-electron chi connectivity index (χ4n) is 3.46.